The molecule has 0 bridgehead atoms. The van der Waals surface area contributed by atoms with E-state index in [2.05, 4.69) is 10.3 Å². The maximum absolute atomic E-state index is 12.0. The summed E-state index contributed by atoms with van der Waals surface area (Å²) in [5.74, 6) is 0.227. The van der Waals surface area contributed by atoms with Crippen molar-refractivity contribution in [3.05, 3.63) is 47.0 Å². The molecule has 124 valence electrons. The zero-order chi connectivity index (χ0) is 16.7. The van der Waals surface area contributed by atoms with E-state index < -0.39 is 6.10 Å². The Labute approximate surface area is 145 Å². The van der Waals surface area contributed by atoms with Crippen LogP contribution in [0.4, 0.5) is 0 Å². The Balaban J connectivity index is 1.69. The predicted octanol–water partition coefficient (Wildman–Crippen LogP) is 3.55. The van der Waals surface area contributed by atoms with E-state index in [1.807, 2.05) is 10.8 Å². The van der Waals surface area contributed by atoms with Crippen molar-refractivity contribution in [2.24, 2.45) is 0 Å². The van der Waals surface area contributed by atoms with Crippen molar-refractivity contribution in [1.29, 1.82) is 0 Å². The van der Waals surface area contributed by atoms with Gasteiger partial charge in [-0.3, -0.25) is 4.79 Å². The van der Waals surface area contributed by atoms with Gasteiger partial charge in [0.05, 0.1) is 11.3 Å². The highest BCUT2D eigenvalue weighted by atomic mass is 35.5. The number of carbonyl (C=O) groups excluding carboxylic acids is 1. The van der Waals surface area contributed by atoms with Crippen LogP contribution in [0.1, 0.15) is 19.8 Å². The molecule has 0 aliphatic rings. The summed E-state index contributed by atoms with van der Waals surface area (Å²) in [5, 5.41) is 3.57. The topological polar surface area (TPSA) is 56.1 Å². The number of amides is 1. The van der Waals surface area contributed by atoms with E-state index >= 15 is 0 Å². The Morgan fingerprint density at radius 2 is 2.22 bits per heavy atom. The molecule has 23 heavy (non-hydrogen) atoms. The summed E-state index contributed by atoms with van der Waals surface area (Å²) in [5.41, 5.74) is 0. The molecule has 0 fully saturated rings. The fourth-order valence-electron chi connectivity index (χ4n) is 2.01. The third kappa shape index (κ3) is 5.44. The van der Waals surface area contributed by atoms with Gasteiger partial charge >= 0.3 is 0 Å². The Hall–Kier alpha value is -1.72. The molecule has 2 aromatic rings. The molecule has 1 heterocycles. The number of unbranched alkanes of at least 4 members (excludes halogenated alkanes) is 1. The van der Waals surface area contributed by atoms with Crippen molar-refractivity contribution in [2.45, 2.75) is 32.4 Å². The van der Waals surface area contributed by atoms with E-state index in [0.29, 0.717) is 22.3 Å². The Morgan fingerprint density at radius 3 is 2.96 bits per heavy atom. The van der Waals surface area contributed by atoms with Crippen LogP contribution in [0, 0.1) is 0 Å². The first-order chi connectivity index (χ1) is 11.1. The number of aromatic nitrogens is 2. The molecule has 0 aliphatic heterocycles. The zero-order valence-electron chi connectivity index (χ0n) is 12.8. The van der Waals surface area contributed by atoms with Crippen LogP contribution in [0.3, 0.4) is 0 Å². The molecule has 1 amide bonds. The van der Waals surface area contributed by atoms with Crippen LogP contribution >= 0.6 is 23.2 Å². The number of aryl methyl sites for hydroxylation is 1. The molecule has 7 heteroatoms. The first-order valence-electron chi connectivity index (χ1n) is 7.42. The number of imidazole rings is 1. The minimum absolute atomic E-state index is 0.177. The van der Waals surface area contributed by atoms with Crippen LogP contribution in [-0.2, 0) is 11.3 Å². The first kappa shape index (κ1) is 17.6. The zero-order valence-corrected chi connectivity index (χ0v) is 14.3. The van der Waals surface area contributed by atoms with Gasteiger partial charge in [0.2, 0.25) is 0 Å². The molecule has 1 aromatic carbocycles. The van der Waals surface area contributed by atoms with Crippen LogP contribution < -0.4 is 10.1 Å². The quantitative estimate of drug-likeness (QED) is 0.736. The smallest absolute Gasteiger partial charge is 0.260 e. The van der Waals surface area contributed by atoms with Gasteiger partial charge in [-0.2, -0.15) is 0 Å². The molecule has 1 aromatic heterocycles. The van der Waals surface area contributed by atoms with Crippen molar-refractivity contribution >= 4 is 29.1 Å². The Morgan fingerprint density at radius 1 is 1.39 bits per heavy atom. The largest absolute Gasteiger partial charge is 0.479 e. The SMILES string of the molecule is C[C@@H](Oc1cccc(Cl)c1Cl)C(=O)NCCCCn1ccnc1. The van der Waals surface area contributed by atoms with Gasteiger partial charge in [-0.1, -0.05) is 29.3 Å². The van der Waals surface area contributed by atoms with Crippen LogP contribution in [0.15, 0.2) is 36.9 Å². The summed E-state index contributed by atoms with van der Waals surface area (Å²) >= 11 is 12.0. The number of rotatable bonds is 8. The molecule has 0 aliphatic carbocycles. The summed E-state index contributed by atoms with van der Waals surface area (Å²) in [6.07, 6.45) is 6.66. The molecular weight excluding hydrogens is 337 g/mol. The third-order valence-corrected chi connectivity index (χ3v) is 4.09. The fraction of sp³-hybridized carbons (Fsp3) is 0.375. The lowest BCUT2D eigenvalue weighted by Gasteiger charge is -2.16. The van der Waals surface area contributed by atoms with Gasteiger partial charge < -0.3 is 14.6 Å². The lowest BCUT2D eigenvalue weighted by molar-refractivity contribution is -0.127. The van der Waals surface area contributed by atoms with Gasteiger partial charge in [0.15, 0.2) is 6.10 Å². The first-order valence-corrected chi connectivity index (χ1v) is 8.17. The molecular formula is C16H19Cl2N3O2. The molecule has 0 radical (unpaired) electrons. The molecule has 5 nitrogen and oxygen atoms in total. The molecule has 1 atom stereocenters. The highest BCUT2D eigenvalue weighted by Gasteiger charge is 2.16. The standard InChI is InChI=1S/C16H19Cl2N3O2/c1-12(23-14-6-4-5-13(17)15(14)18)16(22)20-7-2-3-9-21-10-8-19-11-21/h4-6,8,10-12H,2-3,7,9H2,1H3,(H,20,22)/t12-/m1/s1. The Kier molecular flexibility index (Phi) is 6.74. The van der Waals surface area contributed by atoms with E-state index in [1.165, 1.54) is 0 Å². The highest BCUT2D eigenvalue weighted by Crippen LogP contribution is 2.32. The van der Waals surface area contributed by atoms with Crippen LogP contribution in [0.25, 0.3) is 0 Å². The minimum atomic E-state index is -0.639. The molecule has 2 rings (SSSR count). The van der Waals surface area contributed by atoms with E-state index in [9.17, 15) is 4.79 Å². The number of carbonyl (C=O) groups is 1. The van der Waals surface area contributed by atoms with Gasteiger partial charge in [0.1, 0.15) is 10.8 Å². The normalized spacial score (nSPS) is 12.0. The molecule has 1 N–H and O–H groups in total. The van der Waals surface area contributed by atoms with Gasteiger partial charge in [-0.25, -0.2) is 4.98 Å². The van der Waals surface area contributed by atoms with Crippen LogP contribution in [-0.4, -0.2) is 28.1 Å². The van der Waals surface area contributed by atoms with Gasteiger partial charge in [-0.05, 0) is 31.9 Å². The maximum Gasteiger partial charge on any atom is 0.260 e. The second-order valence-corrected chi connectivity index (χ2v) is 5.90. The van der Waals surface area contributed by atoms with Crippen LogP contribution in [0.5, 0.6) is 5.75 Å². The number of hydrogen-bond acceptors (Lipinski definition) is 3. The molecule has 0 saturated heterocycles. The molecule has 0 saturated carbocycles. The molecule has 0 spiro atoms. The maximum atomic E-state index is 12.0. The summed E-state index contributed by atoms with van der Waals surface area (Å²) < 4.78 is 7.57. The second kappa shape index (κ2) is 8.79. The van der Waals surface area contributed by atoms with E-state index in [-0.39, 0.29) is 5.91 Å². The fourth-order valence-corrected chi connectivity index (χ4v) is 2.35. The Bertz CT molecular complexity index is 632. The van der Waals surface area contributed by atoms with Crippen LogP contribution in [0.2, 0.25) is 10.0 Å². The summed E-state index contributed by atoms with van der Waals surface area (Å²) in [4.78, 5) is 16.0. The van der Waals surface area contributed by atoms with Crippen molar-refractivity contribution in [1.82, 2.24) is 14.9 Å². The second-order valence-electron chi connectivity index (χ2n) is 5.11. The van der Waals surface area contributed by atoms with Gasteiger partial charge in [0.25, 0.3) is 5.91 Å². The summed E-state index contributed by atoms with van der Waals surface area (Å²) in [6, 6.07) is 5.08. The third-order valence-electron chi connectivity index (χ3n) is 3.29. The summed E-state index contributed by atoms with van der Waals surface area (Å²) in [7, 11) is 0. The van der Waals surface area contributed by atoms with Crippen molar-refractivity contribution in [2.75, 3.05) is 6.54 Å². The van der Waals surface area contributed by atoms with Crippen molar-refractivity contribution in [3.63, 3.8) is 0 Å². The number of halogens is 2. The monoisotopic (exact) mass is 355 g/mol. The lowest BCUT2D eigenvalue weighted by atomic mass is 10.3. The minimum Gasteiger partial charge on any atom is -0.479 e. The van der Waals surface area contributed by atoms with Gasteiger partial charge in [0, 0.05) is 25.5 Å². The van der Waals surface area contributed by atoms with Crippen molar-refractivity contribution < 1.29 is 9.53 Å². The van der Waals surface area contributed by atoms with Crippen molar-refractivity contribution in [3.8, 4) is 5.75 Å². The van der Waals surface area contributed by atoms with E-state index in [0.717, 1.165) is 19.4 Å². The highest BCUT2D eigenvalue weighted by molar-refractivity contribution is 6.42. The summed E-state index contributed by atoms with van der Waals surface area (Å²) in [6.45, 7) is 3.17. The number of benzene rings is 1. The number of hydrogen-bond donors (Lipinski definition) is 1. The van der Waals surface area contributed by atoms with E-state index in [4.69, 9.17) is 27.9 Å². The number of nitrogens with zero attached hydrogens (tertiary/aromatic N) is 2. The van der Waals surface area contributed by atoms with E-state index in [1.54, 1.807) is 37.6 Å². The predicted molar refractivity (Wildman–Crippen MR) is 91.0 cm³/mol. The van der Waals surface area contributed by atoms with Gasteiger partial charge in [-0.15, -0.1) is 0 Å². The average Bonchev–Trinajstić information content (AvgIpc) is 3.04. The number of ether oxygens (including phenoxy) is 1. The average molecular weight is 356 g/mol. The lowest BCUT2D eigenvalue weighted by Crippen LogP contribution is -2.36. The molecule has 0 unspecified atom stereocenters. The number of nitrogens with one attached hydrogen (secondary N) is 1.